The molecule has 13 aromatic rings. The van der Waals surface area contributed by atoms with Crippen LogP contribution in [0.25, 0.3) is 98.9 Å². The molecule has 0 aliphatic carbocycles. The summed E-state index contributed by atoms with van der Waals surface area (Å²) < 4.78 is 18.4. The van der Waals surface area contributed by atoms with Crippen molar-refractivity contribution in [3.8, 4) is 11.4 Å². The van der Waals surface area contributed by atoms with Gasteiger partial charge in [-0.2, -0.15) is 0 Å². The first-order valence-corrected chi connectivity index (χ1v) is 20.0. The standard InChI is InChI=1S/C54H33N3O2/c1-4-14-34(15-5-1)55(35-16-6-2-7-17-35)37-24-30-49-43(32-37)44-33-38(25-31-50(44)58-49)57-46-23-13-11-21-42(46)52-48(57)29-27-40-39-26-28-47-51(53(39)59-54(40)52)41-20-10-12-22-45(41)56(47)36-18-8-3-9-19-36/h1-33H. The third-order valence-corrected chi connectivity index (χ3v) is 12.1. The molecule has 9 aromatic carbocycles. The fraction of sp³-hybridized carbons (Fsp3) is 0. The van der Waals surface area contributed by atoms with Crippen LogP contribution in [0.5, 0.6) is 0 Å². The van der Waals surface area contributed by atoms with Crippen LogP contribution < -0.4 is 4.90 Å². The van der Waals surface area contributed by atoms with E-state index in [9.17, 15) is 0 Å². The number of benzene rings is 9. The lowest BCUT2D eigenvalue weighted by molar-refractivity contribution is 0.669. The summed E-state index contributed by atoms with van der Waals surface area (Å²) in [5, 5.41) is 8.91. The molecule has 4 heterocycles. The number of fused-ring (bicyclic) bond motifs is 14. The molecule has 276 valence electrons. The minimum absolute atomic E-state index is 0.853. The third kappa shape index (κ3) is 4.61. The Morgan fingerprint density at radius 3 is 1.39 bits per heavy atom. The molecule has 0 amide bonds. The predicted molar refractivity (Wildman–Crippen MR) is 244 cm³/mol. The fourth-order valence-corrected chi connectivity index (χ4v) is 9.56. The Bertz CT molecular complexity index is 3740. The van der Waals surface area contributed by atoms with Crippen molar-refractivity contribution in [1.29, 1.82) is 0 Å². The van der Waals surface area contributed by atoms with Gasteiger partial charge in [0.25, 0.3) is 0 Å². The topological polar surface area (TPSA) is 39.4 Å². The Kier molecular flexibility index (Phi) is 6.66. The van der Waals surface area contributed by atoms with E-state index < -0.39 is 0 Å². The monoisotopic (exact) mass is 755 g/mol. The fourth-order valence-electron chi connectivity index (χ4n) is 9.56. The van der Waals surface area contributed by atoms with Gasteiger partial charge in [0.1, 0.15) is 22.3 Å². The zero-order valence-corrected chi connectivity index (χ0v) is 31.7. The van der Waals surface area contributed by atoms with Gasteiger partial charge in [-0.15, -0.1) is 0 Å². The van der Waals surface area contributed by atoms with Crippen molar-refractivity contribution in [2.45, 2.75) is 0 Å². The van der Waals surface area contributed by atoms with Gasteiger partial charge in [0.15, 0.2) is 0 Å². The van der Waals surface area contributed by atoms with Gasteiger partial charge in [0.2, 0.25) is 0 Å². The molecule has 0 aliphatic rings. The second kappa shape index (κ2) is 12.2. The molecule has 4 aromatic heterocycles. The van der Waals surface area contributed by atoms with E-state index in [0.717, 1.165) is 111 Å². The number of hydrogen-bond donors (Lipinski definition) is 0. The highest BCUT2D eigenvalue weighted by Gasteiger charge is 2.23. The molecule has 5 heteroatoms. The van der Waals surface area contributed by atoms with Gasteiger partial charge in [-0.1, -0.05) is 91.0 Å². The molecule has 0 saturated carbocycles. The summed E-state index contributed by atoms with van der Waals surface area (Å²) >= 11 is 0. The van der Waals surface area contributed by atoms with Crippen molar-refractivity contribution < 1.29 is 8.83 Å². The van der Waals surface area contributed by atoms with Crippen LogP contribution >= 0.6 is 0 Å². The van der Waals surface area contributed by atoms with E-state index >= 15 is 0 Å². The van der Waals surface area contributed by atoms with Crippen LogP contribution in [-0.4, -0.2) is 9.13 Å². The van der Waals surface area contributed by atoms with Gasteiger partial charge in [0.05, 0.1) is 32.8 Å². The van der Waals surface area contributed by atoms with Gasteiger partial charge in [-0.05, 0) is 109 Å². The molecule has 0 spiro atoms. The lowest BCUT2D eigenvalue weighted by Crippen LogP contribution is -2.09. The second-order valence-electron chi connectivity index (χ2n) is 15.3. The third-order valence-electron chi connectivity index (χ3n) is 12.1. The summed E-state index contributed by atoms with van der Waals surface area (Å²) in [7, 11) is 0. The molecule has 0 bridgehead atoms. The van der Waals surface area contributed by atoms with Crippen LogP contribution in [0, 0.1) is 0 Å². The summed E-state index contributed by atoms with van der Waals surface area (Å²) in [4.78, 5) is 2.29. The van der Waals surface area contributed by atoms with Gasteiger partial charge < -0.3 is 22.9 Å². The van der Waals surface area contributed by atoms with E-state index in [2.05, 4.69) is 214 Å². The summed E-state index contributed by atoms with van der Waals surface area (Å²) in [6, 6.07) is 71.0. The maximum absolute atomic E-state index is 7.17. The number of furan rings is 2. The highest BCUT2D eigenvalue weighted by atomic mass is 16.3. The molecular formula is C54H33N3O2. The number of para-hydroxylation sites is 5. The lowest BCUT2D eigenvalue weighted by atomic mass is 10.1. The SMILES string of the molecule is c1ccc(N(c2ccccc2)c2ccc3oc4ccc(-n5c6ccccc6c6c7oc8c(ccc9c8c8ccccc8n9-c8ccccc8)c7ccc65)cc4c3c2)cc1. The Labute approximate surface area is 337 Å². The molecule has 59 heavy (non-hydrogen) atoms. The Morgan fingerprint density at radius 2 is 0.797 bits per heavy atom. The molecule has 0 N–H and O–H groups in total. The van der Waals surface area contributed by atoms with Crippen molar-refractivity contribution in [2.75, 3.05) is 4.90 Å². The molecular weight excluding hydrogens is 723 g/mol. The van der Waals surface area contributed by atoms with Crippen molar-refractivity contribution >= 4 is 105 Å². The van der Waals surface area contributed by atoms with E-state index in [4.69, 9.17) is 8.83 Å². The largest absolute Gasteiger partial charge is 0.456 e. The number of aromatic nitrogens is 2. The second-order valence-corrected chi connectivity index (χ2v) is 15.3. The van der Waals surface area contributed by atoms with Gasteiger partial charge in [0, 0.05) is 60.8 Å². The maximum atomic E-state index is 7.17. The summed E-state index contributed by atoms with van der Waals surface area (Å²) in [6.07, 6.45) is 0. The van der Waals surface area contributed by atoms with E-state index in [1.165, 1.54) is 5.39 Å². The number of hydrogen-bond acceptors (Lipinski definition) is 3. The van der Waals surface area contributed by atoms with Gasteiger partial charge in [-0.25, -0.2) is 0 Å². The van der Waals surface area contributed by atoms with Crippen LogP contribution in [-0.2, 0) is 0 Å². The van der Waals surface area contributed by atoms with Crippen molar-refractivity contribution in [3.05, 3.63) is 200 Å². The first kappa shape index (κ1) is 32.1. The van der Waals surface area contributed by atoms with Crippen molar-refractivity contribution in [1.82, 2.24) is 9.13 Å². The first-order chi connectivity index (χ1) is 29.3. The number of nitrogens with zero attached hydrogens (tertiary/aromatic N) is 3. The lowest BCUT2D eigenvalue weighted by Gasteiger charge is -2.25. The van der Waals surface area contributed by atoms with E-state index in [1.54, 1.807) is 0 Å². The number of rotatable bonds is 5. The molecule has 0 unspecified atom stereocenters. The van der Waals surface area contributed by atoms with Crippen molar-refractivity contribution in [2.24, 2.45) is 0 Å². The smallest absolute Gasteiger partial charge is 0.145 e. The van der Waals surface area contributed by atoms with Gasteiger partial charge in [-0.3, -0.25) is 0 Å². The highest BCUT2D eigenvalue weighted by molar-refractivity contribution is 6.29. The number of anilines is 3. The molecule has 0 radical (unpaired) electrons. The molecule has 0 saturated heterocycles. The van der Waals surface area contributed by atoms with Crippen molar-refractivity contribution in [3.63, 3.8) is 0 Å². The van der Waals surface area contributed by atoms with Crippen LogP contribution in [0.1, 0.15) is 0 Å². The van der Waals surface area contributed by atoms with E-state index in [0.29, 0.717) is 0 Å². The summed E-state index contributed by atoms with van der Waals surface area (Å²) in [6.45, 7) is 0. The molecule has 13 rings (SSSR count). The minimum Gasteiger partial charge on any atom is -0.456 e. The van der Waals surface area contributed by atoms with Crippen LogP contribution in [0.15, 0.2) is 209 Å². The molecule has 0 aliphatic heterocycles. The normalized spacial score (nSPS) is 12.1. The van der Waals surface area contributed by atoms with E-state index in [1.807, 2.05) is 0 Å². The molecule has 5 nitrogen and oxygen atoms in total. The van der Waals surface area contributed by atoms with Gasteiger partial charge >= 0.3 is 0 Å². The van der Waals surface area contributed by atoms with Crippen LogP contribution in [0.3, 0.4) is 0 Å². The maximum Gasteiger partial charge on any atom is 0.145 e. The molecule has 0 fully saturated rings. The minimum atomic E-state index is 0.853. The van der Waals surface area contributed by atoms with E-state index in [-0.39, 0.29) is 0 Å². The average Bonchev–Trinajstić information content (AvgIpc) is 4.05. The highest BCUT2D eigenvalue weighted by Crippen LogP contribution is 2.45. The summed E-state index contributed by atoms with van der Waals surface area (Å²) in [5.74, 6) is 0. The average molecular weight is 756 g/mol. The van der Waals surface area contributed by atoms with Crippen LogP contribution in [0.2, 0.25) is 0 Å². The zero-order valence-electron chi connectivity index (χ0n) is 31.7. The zero-order chi connectivity index (χ0) is 38.6. The summed E-state index contributed by atoms with van der Waals surface area (Å²) in [5.41, 5.74) is 13.5. The quantitative estimate of drug-likeness (QED) is 0.176. The Balaban J connectivity index is 1.04. The molecule has 0 atom stereocenters. The predicted octanol–water partition coefficient (Wildman–Crippen LogP) is 15.1. The Morgan fingerprint density at radius 1 is 0.305 bits per heavy atom. The van der Waals surface area contributed by atoms with Crippen LogP contribution in [0.4, 0.5) is 17.1 Å². The Hall–Kier alpha value is -8.02. The first-order valence-electron chi connectivity index (χ1n) is 20.0.